The van der Waals surface area contributed by atoms with Crippen molar-refractivity contribution in [3.05, 3.63) is 59.9 Å². The van der Waals surface area contributed by atoms with E-state index in [1.54, 1.807) is 31.4 Å². The summed E-state index contributed by atoms with van der Waals surface area (Å²) in [6.45, 7) is -0.268. The van der Waals surface area contributed by atoms with E-state index in [-0.39, 0.29) is 12.2 Å². The van der Waals surface area contributed by atoms with Crippen LogP contribution < -0.4 is 20.3 Å². The molecule has 0 spiro atoms. The maximum absolute atomic E-state index is 12.7. The standard InChI is InChI=1S/C16H15FN2O4/c1-22-13-6-8-14(9-7-13)23-10-15(20)18-19-16(21)11-2-4-12(17)5-3-11/h2-9H,10H2,1H3,(H,18,20)(H,19,21). The first kappa shape index (κ1) is 16.3. The Hall–Kier alpha value is -3.09. The van der Waals surface area contributed by atoms with Crippen molar-refractivity contribution in [3.8, 4) is 11.5 Å². The SMILES string of the molecule is COc1ccc(OCC(=O)NNC(=O)c2ccc(F)cc2)cc1. The van der Waals surface area contributed by atoms with Crippen LogP contribution in [0.25, 0.3) is 0 Å². The number of methoxy groups -OCH3 is 1. The zero-order chi connectivity index (χ0) is 16.7. The summed E-state index contributed by atoms with van der Waals surface area (Å²) in [5, 5.41) is 0. The lowest BCUT2D eigenvalue weighted by molar-refractivity contribution is -0.123. The van der Waals surface area contributed by atoms with Gasteiger partial charge in [-0.3, -0.25) is 20.4 Å². The highest BCUT2D eigenvalue weighted by molar-refractivity contribution is 5.95. The highest BCUT2D eigenvalue weighted by Crippen LogP contribution is 2.16. The maximum Gasteiger partial charge on any atom is 0.276 e. The molecule has 0 saturated heterocycles. The van der Waals surface area contributed by atoms with Gasteiger partial charge >= 0.3 is 0 Å². The molecule has 0 heterocycles. The second kappa shape index (κ2) is 7.79. The molecule has 2 aromatic rings. The van der Waals surface area contributed by atoms with Gasteiger partial charge < -0.3 is 9.47 Å². The second-order valence-corrected chi connectivity index (χ2v) is 4.47. The molecule has 0 aliphatic heterocycles. The summed E-state index contributed by atoms with van der Waals surface area (Å²) in [6.07, 6.45) is 0. The van der Waals surface area contributed by atoms with Crippen molar-refractivity contribution in [1.82, 2.24) is 10.9 Å². The molecule has 0 bridgehead atoms. The van der Waals surface area contributed by atoms with E-state index in [4.69, 9.17) is 9.47 Å². The Morgan fingerprint density at radius 2 is 1.57 bits per heavy atom. The van der Waals surface area contributed by atoms with Crippen LogP contribution in [-0.2, 0) is 4.79 Å². The molecule has 0 aliphatic carbocycles. The van der Waals surface area contributed by atoms with Crippen LogP contribution in [0, 0.1) is 5.82 Å². The van der Waals surface area contributed by atoms with Gasteiger partial charge in [0.1, 0.15) is 17.3 Å². The van der Waals surface area contributed by atoms with Gasteiger partial charge in [0.2, 0.25) is 0 Å². The van der Waals surface area contributed by atoms with E-state index in [9.17, 15) is 14.0 Å². The highest BCUT2D eigenvalue weighted by Gasteiger charge is 2.08. The number of nitrogens with one attached hydrogen (secondary N) is 2. The summed E-state index contributed by atoms with van der Waals surface area (Å²) in [5.41, 5.74) is 4.64. The normalized spacial score (nSPS) is 9.83. The third-order valence-electron chi connectivity index (χ3n) is 2.85. The molecule has 2 rings (SSSR count). The molecule has 2 amide bonds. The van der Waals surface area contributed by atoms with Gasteiger partial charge in [0, 0.05) is 5.56 Å². The van der Waals surface area contributed by atoms with Crippen LogP contribution in [-0.4, -0.2) is 25.5 Å². The predicted octanol–water partition coefficient (Wildman–Crippen LogP) is 1.67. The monoisotopic (exact) mass is 318 g/mol. The van der Waals surface area contributed by atoms with Gasteiger partial charge in [-0.05, 0) is 48.5 Å². The van der Waals surface area contributed by atoms with Crippen LogP contribution in [0.2, 0.25) is 0 Å². The van der Waals surface area contributed by atoms with Gasteiger partial charge in [-0.25, -0.2) is 4.39 Å². The van der Waals surface area contributed by atoms with Crippen molar-refractivity contribution in [2.45, 2.75) is 0 Å². The lowest BCUT2D eigenvalue weighted by Crippen LogP contribution is -2.43. The van der Waals surface area contributed by atoms with E-state index in [0.29, 0.717) is 11.5 Å². The summed E-state index contributed by atoms with van der Waals surface area (Å²) in [5.74, 6) is -0.364. The lowest BCUT2D eigenvalue weighted by Gasteiger charge is -2.09. The maximum atomic E-state index is 12.7. The lowest BCUT2D eigenvalue weighted by atomic mass is 10.2. The Morgan fingerprint density at radius 3 is 2.17 bits per heavy atom. The Kier molecular flexibility index (Phi) is 5.51. The molecule has 2 aromatic carbocycles. The topological polar surface area (TPSA) is 76.7 Å². The molecule has 23 heavy (non-hydrogen) atoms. The highest BCUT2D eigenvalue weighted by atomic mass is 19.1. The Bertz CT molecular complexity index is 671. The fourth-order valence-electron chi connectivity index (χ4n) is 1.66. The predicted molar refractivity (Wildman–Crippen MR) is 80.5 cm³/mol. The first-order valence-electron chi connectivity index (χ1n) is 6.70. The van der Waals surface area contributed by atoms with E-state index in [0.717, 1.165) is 12.1 Å². The number of hydrogen-bond acceptors (Lipinski definition) is 4. The molecule has 0 atom stereocenters. The summed E-state index contributed by atoms with van der Waals surface area (Å²) < 4.78 is 23.0. The first-order chi connectivity index (χ1) is 11.1. The van der Waals surface area contributed by atoms with Crippen molar-refractivity contribution in [1.29, 1.82) is 0 Å². The van der Waals surface area contributed by atoms with Crippen LogP contribution in [0.1, 0.15) is 10.4 Å². The van der Waals surface area contributed by atoms with Crippen LogP contribution in [0.4, 0.5) is 4.39 Å². The van der Waals surface area contributed by atoms with Gasteiger partial charge in [-0.15, -0.1) is 0 Å². The number of ether oxygens (including phenoxy) is 2. The number of carbonyl (C=O) groups excluding carboxylic acids is 2. The molecular weight excluding hydrogens is 303 g/mol. The van der Waals surface area contributed by atoms with Crippen LogP contribution in [0.5, 0.6) is 11.5 Å². The van der Waals surface area contributed by atoms with Crippen molar-refractivity contribution in [2.24, 2.45) is 0 Å². The van der Waals surface area contributed by atoms with Crippen molar-refractivity contribution < 1.29 is 23.5 Å². The first-order valence-corrected chi connectivity index (χ1v) is 6.70. The third-order valence-corrected chi connectivity index (χ3v) is 2.85. The van der Waals surface area contributed by atoms with E-state index in [2.05, 4.69) is 10.9 Å². The van der Waals surface area contributed by atoms with E-state index in [1.165, 1.54) is 12.1 Å². The summed E-state index contributed by atoms with van der Waals surface area (Å²) in [6, 6.07) is 11.6. The van der Waals surface area contributed by atoms with Gasteiger partial charge in [-0.2, -0.15) is 0 Å². The van der Waals surface area contributed by atoms with E-state index < -0.39 is 17.6 Å². The minimum absolute atomic E-state index is 0.225. The minimum atomic E-state index is -0.553. The molecule has 0 saturated carbocycles. The van der Waals surface area contributed by atoms with Crippen molar-refractivity contribution >= 4 is 11.8 Å². The third kappa shape index (κ3) is 4.99. The van der Waals surface area contributed by atoms with E-state index in [1.807, 2.05) is 0 Å². The smallest absolute Gasteiger partial charge is 0.276 e. The quantitative estimate of drug-likeness (QED) is 0.822. The zero-order valence-corrected chi connectivity index (χ0v) is 12.3. The molecule has 120 valence electrons. The Morgan fingerprint density at radius 1 is 0.957 bits per heavy atom. The fraction of sp³-hybridized carbons (Fsp3) is 0.125. The number of rotatable bonds is 5. The fourth-order valence-corrected chi connectivity index (χ4v) is 1.66. The molecule has 7 heteroatoms. The number of amides is 2. The van der Waals surface area contributed by atoms with Crippen LogP contribution in [0.15, 0.2) is 48.5 Å². The summed E-state index contributed by atoms with van der Waals surface area (Å²) >= 11 is 0. The Balaban J connectivity index is 1.76. The second-order valence-electron chi connectivity index (χ2n) is 4.47. The molecule has 0 unspecified atom stereocenters. The average molecular weight is 318 g/mol. The summed E-state index contributed by atoms with van der Waals surface area (Å²) in [4.78, 5) is 23.3. The van der Waals surface area contributed by atoms with E-state index >= 15 is 0 Å². The van der Waals surface area contributed by atoms with Crippen molar-refractivity contribution in [2.75, 3.05) is 13.7 Å². The number of benzene rings is 2. The molecule has 0 fully saturated rings. The number of hydrazine groups is 1. The molecule has 0 aromatic heterocycles. The minimum Gasteiger partial charge on any atom is -0.497 e. The largest absolute Gasteiger partial charge is 0.497 e. The molecular formula is C16H15FN2O4. The molecule has 0 aliphatic rings. The summed E-state index contributed by atoms with van der Waals surface area (Å²) in [7, 11) is 1.55. The number of hydrogen-bond donors (Lipinski definition) is 2. The van der Waals surface area contributed by atoms with Crippen LogP contribution in [0.3, 0.4) is 0 Å². The van der Waals surface area contributed by atoms with Gasteiger partial charge in [0.25, 0.3) is 11.8 Å². The number of carbonyl (C=O) groups is 2. The molecule has 0 radical (unpaired) electrons. The Labute approximate surface area is 132 Å². The van der Waals surface area contributed by atoms with Crippen molar-refractivity contribution in [3.63, 3.8) is 0 Å². The number of halogens is 1. The van der Waals surface area contributed by atoms with Gasteiger partial charge in [0.15, 0.2) is 6.61 Å². The zero-order valence-electron chi connectivity index (χ0n) is 12.3. The van der Waals surface area contributed by atoms with Crippen LogP contribution >= 0.6 is 0 Å². The molecule has 6 nitrogen and oxygen atoms in total. The molecule has 2 N–H and O–H groups in total. The van der Waals surface area contributed by atoms with Gasteiger partial charge in [-0.1, -0.05) is 0 Å². The van der Waals surface area contributed by atoms with Gasteiger partial charge in [0.05, 0.1) is 7.11 Å². The average Bonchev–Trinajstić information content (AvgIpc) is 2.59.